The lowest BCUT2D eigenvalue weighted by atomic mass is 10.1. The lowest BCUT2D eigenvalue weighted by molar-refractivity contribution is -0.150. The van der Waals surface area contributed by atoms with Crippen LogP contribution in [0.4, 0.5) is 0 Å². The van der Waals surface area contributed by atoms with E-state index in [-0.39, 0.29) is 0 Å². The molecule has 0 rings (SSSR count). The van der Waals surface area contributed by atoms with Crippen LogP contribution in [0.3, 0.4) is 0 Å². The number of hydrogen-bond acceptors (Lipinski definition) is 3. The number of carbonyl (C=O) groups excluding carboxylic acids is 1. The van der Waals surface area contributed by atoms with E-state index >= 15 is 0 Å². The third kappa shape index (κ3) is 4.56. The van der Waals surface area contributed by atoms with Gasteiger partial charge in [-0.3, -0.25) is 0 Å². The molecule has 0 spiro atoms. The van der Waals surface area contributed by atoms with Crippen molar-refractivity contribution in [3.05, 3.63) is 12.7 Å². The van der Waals surface area contributed by atoms with Crippen molar-refractivity contribution >= 4 is 5.97 Å². The number of aliphatic hydroxyl groups excluding tert-OH is 1. The molecule has 1 N–H and O–H groups in total. The average Bonchev–Trinajstić information content (AvgIpc) is 2.03. The molecule has 0 radical (unpaired) electrons. The Hall–Kier alpha value is -0.830. The maximum absolute atomic E-state index is 10.6. The van der Waals surface area contributed by atoms with Crippen LogP contribution < -0.4 is 0 Å². The molecule has 0 unspecified atom stereocenters. The predicted octanol–water partition coefficient (Wildman–Crippen LogP) is 0.877. The first-order chi connectivity index (χ1) is 5.22. The third-order valence-corrected chi connectivity index (χ3v) is 1.36. The predicted molar refractivity (Wildman–Crippen MR) is 42.1 cm³/mol. The Kier molecular flexibility index (Phi) is 5.47. The highest BCUT2D eigenvalue weighted by atomic mass is 16.5. The van der Waals surface area contributed by atoms with E-state index in [0.29, 0.717) is 6.42 Å². The Balaban J connectivity index is 3.43. The lowest BCUT2D eigenvalue weighted by Crippen LogP contribution is -2.21. The summed E-state index contributed by atoms with van der Waals surface area (Å²) < 4.78 is 4.33. The Morgan fingerprint density at radius 1 is 1.82 bits per heavy atom. The second kappa shape index (κ2) is 5.92. The van der Waals surface area contributed by atoms with Crippen LogP contribution in [-0.2, 0) is 9.53 Å². The summed E-state index contributed by atoms with van der Waals surface area (Å²) in [5.74, 6) is -0.561. The maximum atomic E-state index is 10.6. The molecule has 0 amide bonds. The van der Waals surface area contributed by atoms with Gasteiger partial charge in [0, 0.05) is 0 Å². The number of allylic oxidation sites excluding steroid dienone is 1. The van der Waals surface area contributed by atoms with Gasteiger partial charge >= 0.3 is 5.97 Å². The molecule has 0 aromatic heterocycles. The fourth-order valence-corrected chi connectivity index (χ4v) is 0.709. The molecule has 0 heterocycles. The van der Waals surface area contributed by atoms with Crippen molar-refractivity contribution in [1.82, 2.24) is 0 Å². The number of rotatable bonds is 5. The summed E-state index contributed by atoms with van der Waals surface area (Å²) in [4.78, 5) is 10.6. The van der Waals surface area contributed by atoms with E-state index in [4.69, 9.17) is 5.11 Å². The summed E-state index contributed by atoms with van der Waals surface area (Å²) >= 11 is 0. The average molecular weight is 158 g/mol. The van der Waals surface area contributed by atoms with Crippen molar-refractivity contribution in [2.75, 3.05) is 7.11 Å². The first-order valence-corrected chi connectivity index (χ1v) is 3.59. The zero-order chi connectivity index (χ0) is 8.69. The molecule has 0 aliphatic heterocycles. The second-order valence-electron chi connectivity index (χ2n) is 2.26. The monoisotopic (exact) mass is 158 g/mol. The van der Waals surface area contributed by atoms with Gasteiger partial charge in [0.1, 0.15) is 0 Å². The largest absolute Gasteiger partial charge is 0.467 e. The quantitative estimate of drug-likeness (QED) is 0.367. The van der Waals surface area contributed by atoms with Crippen LogP contribution in [-0.4, -0.2) is 24.3 Å². The molecule has 0 bridgehead atoms. The Bertz CT molecular complexity index is 131. The van der Waals surface area contributed by atoms with Crippen molar-refractivity contribution in [2.24, 2.45) is 0 Å². The minimum Gasteiger partial charge on any atom is -0.467 e. The smallest absolute Gasteiger partial charge is 0.334 e. The van der Waals surface area contributed by atoms with Gasteiger partial charge in [-0.15, -0.1) is 6.58 Å². The number of methoxy groups -OCH3 is 1. The van der Waals surface area contributed by atoms with Gasteiger partial charge < -0.3 is 9.84 Å². The van der Waals surface area contributed by atoms with Crippen molar-refractivity contribution in [3.63, 3.8) is 0 Å². The Labute approximate surface area is 66.7 Å². The summed E-state index contributed by atoms with van der Waals surface area (Å²) in [6.07, 6.45) is 2.80. The number of ether oxygens (including phenoxy) is 1. The number of unbranched alkanes of at least 4 members (excludes halogenated alkanes) is 1. The molecular weight excluding hydrogens is 144 g/mol. The summed E-state index contributed by atoms with van der Waals surface area (Å²) in [5.41, 5.74) is 0. The number of hydrogen-bond donors (Lipinski definition) is 1. The number of aliphatic hydroxyl groups is 1. The number of carbonyl (C=O) groups is 1. The van der Waals surface area contributed by atoms with Crippen LogP contribution in [0.1, 0.15) is 19.3 Å². The normalized spacial score (nSPS) is 12.2. The molecule has 0 aliphatic rings. The van der Waals surface area contributed by atoms with Crippen LogP contribution in [0.15, 0.2) is 12.7 Å². The minimum atomic E-state index is -0.972. The number of esters is 1. The van der Waals surface area contributed by atoms with E-state index in [1.807, 2.05) is 0 Å². The van der Waals surface area contributed by atoms with E-state index in [2.05, 4.69) is 11.3 Å². The van der Waals surface area contributed by atoms with Crippen LogP contribution in [0.5, 0.6) is 0 Å². The molecule has 64 valence electrons. The van der Waals surface area contributed by atoms with Crippen LogP contribution >= 0.6 is 0 Å². The highest BCUT2D eigenvalue weighted by Crippen LogP contribution is 2.02. The molecule has 0 saturated heterocycles. The first kappa shape index (κ1) is 10.2. The van der Waals surface area contributed by atoms with Gasteiger partial charge in [-0.1, -0.05) is 6.08 Å². The molecule has 0 aliphatic carbocycles. The Morgan fingerprint density at radius 3 is 2.91 bits per heavy atom. The van der Waals surface area contributed by atoms with Crippen molar-refractivity contribution in [2.45, 2.75) is 25.4 Å². The molecular formula is C8H14O3. The molecule has 3 heteroatoms. The topological polar surface area (TPSA) is 46.5 Å². The third-order valence-electron chi connectivity index (χ3n) is 1.36. The van der Waals surface area contributed by atoms with E-state index in [1.54, 1.807) is 6.08 Å². The zero-order valence-electron chi connectivity index (χ0n) is 6.75. The van der Waals surface area contributed by atoms with Crippen molar-refractivity contribution in [1.29, 1.82) is 0 Å². The second-order valence-corrected chi connectivity index (χ2v) is 2.26. The van der Waals surface area contributed by atoms with Gasteiger partial charge in [0.2, 0.25) is 0 Å². The maximum Gasteiger partial charge on any atom is 0.334 e. The zero-order valence-corrected chi connectivity index (χ0v) is 6.75. The van der Waals surface area contributed by atoms with E-state index in [0.717, 1.165) is 12.8 Å². The van der Waals surface area contributed by atoms with Crippen LogP contribution in [0, 0.1) is 0 Å². The van der Waals surface area contributed by atoms with E-state index in [1.165, 1.54) is 7.11 Å². The van der Waals surface area contributed by atoms with Gasteiger partial charge in [0.15, 0.2) is 6.10 Å². The van der Waals surface area contributed by atoms with E-state index < -0.39 is 12.1 Å². The van der Waals surface area contributed by atoms with Crippen LogP contribution in [0.2, 0.25) is 0 Å². The fourth-order valence-electron chi connectivity index (χ4n) is 0.709. The summed E-state index contributed by atoms with van der Waals surface area (Å²) in [7, 11) is 1.26. The van der Waals surface area contributed by atoms with Crippen molar-refractivity contribution in [3.8, 4) is 0 Å². The van der Waals surface area contributed by atoms with Gasteiger partial charge in [-0.05, 0) is 19.3 Å². The SMILES string of the molecule is C=CCCC[C@H](O)C(=O)OC. The lowest BCUT2D eigenvalue weighted by Gasteiger charge is -2.05. The summed E-state index contributed by atoms with van der Waals surface area (Å²) in [6, 6.07) is 0. The van der Waals surface area contributed by atoms with Gasteiger partial charge in [-0.2, -0.15) is 0 Å². The standard InChI is InChI=1S/C8H14O3/c1-3-4-5-6-7(9)8(10)11-2/h3,7,9H,1,4-6H2,2H3/t7-/m0/s1. The molecule has 0 saturated carbocycles. The van der Waals surface area contributed by atoms with Gasteiger partial charge in [0.25, 0.3) is 0 Å². The van der Waals surface area contributed by atoms with Crippen LogP contribution in [0.25, 0.3) is 0 Å². The molecule has 0 aromatic rings. The van der Waals surface area contributed by atoms with Gasteiger partial charge in [0.05, 0.1) is 7.11 Å². The Morgan fingerprint density at radius 2 is 2.45 bits per heavy atom. The minimum absolute atomic E-state index is 0.443. The van der Waals surface area contributed by atoms with Crippen molar-refractivity contribution < 1.29 is 14.6 Å². The first-order valence-electron chi connectivity index (χ1n) is 3.59. The highest BCUT2D eigenvalue weighted by Gasteiger charge is 2.13. The van der Waals surface area contributed by atoms with E-state index in [9.17, 15) is 4.79 Å². The van der Waals surface area contributed by atoms with Gasteiger partial charge in [-0.25, -0.2) is 4.79 Å². The molecule has 0 aromatic carbocycles. The highest BCUT2D eigenvalue weighted by molar-refractivity contribution is 5.74. The fraction of sp³-hybridized carbons (Fsp3) is 0.625. The molecule has 0 fully saturated rings. The molecule has 1 atom stereocenters. The molecule has 3 nitrogen and oxygen atoms in total. The summed E-state index contributed by atoms with van der Waals surface area (Å²) in [6.45, 7) is 3.52. The summed E-state index contributed by atoms with van der Waals surface area (Å²) in [5, 5.41) is 9.04. The molecule has 11 heavy (non-hydrogen) atoms.